The van der Waals surface area contributed by atoms with Gasteiger partial charge in [-0.05, 0) is 49.6 Å². The third kappa shape index (κ3) is 4.40. The number of aryl methyl sites for hydroxylation is 1. The van der Waals surface area contributed by atoms with Gasteiger partial charge in [-0.15, -0.1) is 10.2 Å². The average molecular weight is 380 g/mol. The minimum atomic E-state index is 0.251. The first-order chi connectivity index (χ1) is 13.7. The Morgan fingerprint density at radius 3 is 2.46 bits per heavy atom. The maximum Gasteiger partial charge on any atom is 0.225 e. The average Bonchev–Trinajstić information content (AvgIpc) is 2.75. The highest BCUT2D eigenvalue weighted by molar-refractivity contribution is 5.79. The lowest BCUT2D eigenvalue weighted by molar-refractivity contribution is -0.136. The Morgan fingerprint density at radius 1 is 1.00 bits per heavy atom. The first-order valence-electron chi connectivity index (χ1n) is 10.3. The number of amides is 1. The third-order valence-electron chi connectivity index (χ3n) is 5.69. The summed E-state index contributed by atoms with van der Waals surface area (Å²) in [5, 5.41) is 11.8. The number of pyridine rings is 1. The van der Waals surface area contributed by atoms with Gasteiger partial charge in [0, 0.05) is 38.3 Å². The number of carbonyl (C=O) groups excluding carboxylic acids is 1. The Labute approximate surface area is 166 Å². The van der Waals surface area contributed by atoms with E-state index in [1.165, 1.54) is 19.3 Å². The maximum absolute atomic E-state index is 12.7. The number of piperazine rings is 1. The Kier molecular flexibility index (Phi) is 5.69. The molecule has 28 heavy (non-hydrogen) atoms. The summed E-state index contributed by atoms with van der Waals surface area (Å²) in [4.78, 5) is 21.2. The summed E-state index contributed by atoms with van der Waals surface area (Å²) in [7, 11) is 0. The number of hydrogen-bond donors (Lipinski definition) is 1. The fourth-order valence-corrected chi connectivity index (χ4v) is 4.06. The van der Waals surface area contributed by atoms with Crippen LogP contribution in [0.4, 0.5) is 17.5 Å². The van der Waals surface area contributed by atoms with Crippen LogP contribution < -0.4 is 10.2 Å². The number of carbonyl (C=O) groups is 1. The maximum atomic E-state index is 12.7. The molecule has 4 rings (SSSR count). The van der Waals surface area contributed by atoms with Crippen LogP contribution >= 0.6 is 0 Å². The van der Waals surface area contributed by atoms with Gasteiger partial charge in [0.2, 0.25) is 5.91 Å². The van der Waals surface area contributed by atoms with E-state index >= 15 is 0 Å². The number of aromatic nitrogens is 3. The molecule has 2 aromatic heterocycles. The quantitative estimate of drug-likeness (QED) is 0.878. The van der Waals surface area contributed by atoms with Crippen molar-refractivity contribution in [2.45, 2.75) is 39.0 Å². The number of hydrogen-bond acceptors (Lipinski definition) is 6. The van der Waals surface area contributed by atoms with E-state index in [9.17, 15) is 4.79 Å². The molecule has 1 aliphatic carbocycles. The molecular formula is C21H28N6O. The predicted molar refractivity (Wildman–Crippen MR) is 110 cm³/mol. The van der Waals surface area contributed by atoms with Crippen molar-refractivity contribution in [1.82, 2.24) is 20.1 Å². The zero-order valence-electron chi connectivity index (χ0n) is 16.5. The molecule has 0 radical (unpaired) electrons. The van der Waals surface area contributed by atoms with Crippen LogP contribution in [0.3, 0.4) is 0 Å². The number of anilines is 3. The van der Waals surface area contributed by atoms with Crippen LogP contribution in [0.2, 0.25) is 0 Å². The van der Waals surface area contributed by atoms with Gasteiger partial charge in [-0.2, -0.15) is 0 Å². The molecule has 2 fully saturated rings. The summed E-state index contributed by atoms with van der Waals surface area (Å²) in [5.41, 5.74) is 1.14. The van der Waals surface area contributed by atoms with Crippen LogP contribution in [0.1, 0.15) is 37.7 Å². The van der Waals surface area contributed by atoms with E-state index in [-0.39, 0.29) is 5.92 Å². The summed E-state index contributed by atoms with van der Waals surface area (Å²) >= 11 is 0. The largest absolute Gasteiger partial charge is 0.352 e. The van der Waals surface area contributed by atoms with E-state index in [0.717, 1.165) is 56.2 Å². The zero-order chi connectivity index (χ0) is 19.3. The molecule has 0 bridgehead atoms. The second kappa shape index (κ2) is 8.54. The highest BCUT2D eigenvalue weighted by atomic mass is 16.2. The molecule has 0 spiro atoms. The summed E-state index contributed by atoms with van der Waals surface area (Å²) in [6, 6.07) is 7.83. The van der Waals surface area contributed by atoms with Gasteiger partial charge in [0.15, 0.2) is 11.6 Å². The minimum absolute atomic E-state index is 0.251. The summed E-state index contributed by atoms with van der Waals surface area (Å²) in [6.07, 6.45) is 7.58. The third-order valence-corrected chi connectivity index (χ3v) is 5.69. The lowest BCUT2D eigenvalue weighted by atomic mass is 9.88. The predicted octanol–water partition coefficient (Wildman–Crippen LogP) is 3.15. The van der Waals surface area contributed by atoms with Gasteiger partial charge in [-0.1, -0.05) is 19.3 Å². The first kappa shape index (κ1) is 18.7. The van der Waals surface area contributed by atoms with Crippen molar-refractivity contribution in [3.8, 4) is 0 Å². The number of nitrogens with one attached hydrogen (secondary N) is 1. The Hall–Kier alpha value is -2.70. The minimum Gasteiger partial charge on any atom is -0.352 e. The van der Waals surface area contributed by atoms with E-state index < -0.39 is 0 Å². The second-order valence-electron chi connectivity index (χ2n) is 7.77. The summed E-state index contributed by atoms with van der Waals surface area (Å²) in [6.45, 7) is 5.17. The molecule has 2 aromatic rings. The second-order valence-corrected chi connectivity index (χ2v) is 7.77. The molecule has 2 aliphatic rings. The van der Waals surface area contributed by atoms with Crippen molar-refractivity contribution in [3.05, 3.63) is 36.0 Å². The highest BCUT2D eigenvalue weighted by Crippen LogP contribution is 2.26. The Balaban J connectivity index is 1.31. The molecule has 1 saturated carbocycles. The fraction of sp³-hybridized carbons (Fsp3) is 0.524. The van der Waals surface area contributed by atoms with Crippen LogP contribution in [0.25, 0.3) is 0 Å². The molecule has 0 aromatic carbocycles. The van der Waals surface area contributed by atoms with Gasteiger partial charge in [-0.25, -0.2) is 4.98 Å². The summed E-state index contributed by atoms with van der Waals surface area (Å²) < 4.78 is 0. The standard InChI is InChI=1S/C21H28N6O/c1-16-9-10-22-19(15-16)23-18-7-8-20(25-24-18)26-11-13-27(14-12-26)21(28)17-5-3-2-4-6-17/h7-10,15,17H,2-6,11-14H2,1H3,(H,22,23,24). The van der Waals surface area contributed by atoms with E-state index in [2.05, 4.69) is 25.4 Å². The SMILES string of the molecule is Cc1ccnc(Nc2ccc(N3CCN(C(=O)C4CCCCC4)CC3)nn2)c1. The molecule has 0 unspecified atom stereocenters. The Morgan fingerprint density at radius 2 is 1.79 bits per heavy atom. The fourth-order valence-electron chi connectivity index (χ4n) is 4.06. The van der Waals surface area contributed by atoms with Gasteiger partial charge in [0.05, 0.1) is 0 Å². The van der Waals surface area contributed by atoms with Gasteiger partial charge in [0.1, 0.15) is 5.82 Å². The van der Waals surface area contributed by atoms with Crippen molar-refractivity contribution in [3.63, 3.8) is 0 Å². The van der Waals surface area contributed by atoms with Crippen molar-refractivity contribution in [2.24, 2.45) is 5.92 Å². The molecule has 0 atom stereocenters. The van der Waals surface area contributed by atoms with E-state index in [1.54, 1.807) is 6.20 Å². The lowest BCUT2D eigenvalue weighted by Crippen LogP contribution is -2.50. The van der Waals surface area contributed by atoms with Crippen molar-refractivity contribution < 1.29 is 4.79 Å². The van der Waals surface area contributed by atoms with Crippen LogP contribution in [0.15, 0.2) is 30.5 Å². The molecule has 1 aliphatic heterocycles. The molecule has 1 saturated heterocycles. The van der Waals surface area contributed by atoms with Gasteiger partial charge >= 0.3 is 0 Å². The van der Waals surface area contributed by atoms with E-state index in [0.29, 0.717) is 11.7 Å². The van der Waals surface area contributed by atoms with Crippen LogP contribution in [0.5, 0.6) is 0 Å². The normalized spacial score (nSPS) is 18.2. The van der Waals surface area contributed by atoms with Crippen molar-refractivity contribution in [2.75, 3.05) is 36.4 Å². The van der Waals surface area contributed by atoms with E-state index in [4.69, 9.17) is 0 Å². The summed E-state index contributed by atoms with van der Waals surface area (Å²) in [5.74, 6) is 2.90. The van der Waals surface area contributed by atoms with Crippen LogP contribution in [-0.4, -0.2) is 52.2 Å². The first-order valence-corrected chi connectivity index (χ1v) is 10.3. The molecule has 1 N–H and O–H groups in total. The number of rotatable bonds is 4. The van der Waals surface area contributed by atoms with Crippen LogP contribution in [-0.2, 0) is 4.79 Å². The lowest BCUT2D eigenvalue weighted by Gasteiger charge is -2.37. The number of nitrogens with zero attached hydrogens (tertiary/aromatic N) is 5. The topological polar surface area (TPSA) is 74.2 Å². The monoisotopic (exact) mass is 380 g/mol. The molecule has 148 valence electrons. The molecule has 1 amide bonds. The van der Waals surface area contributed by atoms with Crippen LogP contribution in [0, 0.1) is 12.8 Å². The van der Waals surface area contributed by atoms with Gasteiger partial charge in [0.25, 0.3) is 0 Å². The van der Waals surface area contributed by atoms with Gasteiger partial charge < -0.3 is 15.1 Å². The highest BCUT2D eigenvalue weighted by Gasteiger charge is 2.28. The molecule has 7 heteroatoms. The van der Waals surface area contributed by atoms with E-state index in [1.807, 2.05) is 36.1 Å². The molecule has 3 heterocycles. The van der Waals surface area contributed by atoms with Gasteiger partial charge in [-0.3, -0.25) is 4.79 Å². The smallest absolute Gasteiger partial charge is 0.225 e. The zero-order valence-corrected chi connectivity index (χ0v) is 16.5. The molecule has 7 nitrogen and oxygen atoms in total. The van der Waals surface area contributed by atoms with Crippen molar-refractivity contribution >= 4 is 23.4 Å². The molecular weight excluding hydrogens is 352 g/mol. The Bertz CT molecular complexity index is 795. The van der Waals surface area contributed by atoms with Crippen molar-refractivity contribution in [1.29, 1.82) is 0 Å².